The van der Waals surface area contributed by atoms with Crippen molar-refractivity contribution >= 4 is 11.9 Å². The first-order valence-corrected chi connectivity index (χ1v) is 9.48. The van der Waals surface area contributed by atoms with Crippen molar-refractivity contribution in [2.24, 2.45) is 0 Å². The lowest BCUT2D eigenvalue weighted by Crippen LogP contribution is -2.55. The zero-order valence-corrected chi connectivity index (χ0v) is 16.2. The number of aromatic nitrogens is 2. The number of nitrogens with zero attached hydrogens (tertiary/aromatic N) is 2. The Kier molecular flexibility index (Phi) is 5.63. The highest BCUT2D eigenvalue weighted by atomic mass is 16.5. The number of benzene rings is 1. The van der Waals surface area contributed by atoms with Gasteiger partial charge in [0.15, 0.2) is 0 Å². The van der Waals surface area contributed by atoms with Crippen molar-refractivity contribution in [1.82, 2.24) is 15.1 Å². The molecular weight excluding hydrogens is 342 g/mol. The van der Waals surface area contributed by atoms with E-state index in [9.17, 15) is 9.59 Å². The predicted octanol–water partition coefficient (Wildman–Crippen LogP) is 3.37. The number of carbonyl (C=O) groups excluding carboxylic acids is 2. The molecule has 1 aromatic carbocycles. The number of rotatable bonds is 5. The van der Waals surface area contributed by atoms with Crippen LogP contribution in [-0.4, -0.2) is 27.2 Å². The number of esters is 1. The van der Waals surface area contributed by atoms with E-state index < -0.39 is 5.54 Å². The van der Waals surface area contributed by atoms with Gasteiger partial charge in [-0.2, -0.15) is 5.10 Å². The highest BCUT2D eigenvalue weighted by Gasteiger charge is 2.41. The van der Waals surface area contributed by atoms with E-state index in [4.69, 9.17) is 4.74 Å². The number of hydrogen-bond acceptors (Lipinski definition) is 4. The number of ether oxygens (including phenoxy) is 1. The van der Waals surface area contributed by atoms with Gasteiger partial charge in [0.05, 0.1) is 11.4 Å². The van der Waals surface area contributed by atoms with E-state index in [0.29, 0.717) is 12.8 Å². The molecule has 144 valence electrons. The standard InChI is InChI=1S/C21H27N3O3/c1-15-13-16(2)24(23-15)19-9-7-18(8-10-19)14-27-20(26)21(22-17(3)25)11-5-4-6-12-21/h7-10,13H,4-6,11-12,14H2,1-3H3,(H,22,25). The van der Waals surface area contributed by atoms with Gasteiger partial charge in [0.1, 0.15) is 12.1 Å². The summed E-state index contributed by atoms with van der Waals surface area (Å²) in [5, 5.41) is 7.32. The van der Waals surface area contributed by atoms with Crippen molar-refractivity contribution in [2.75, 3.05) is 0 Å². The van der Waals surface area contributed by atoms with Gasteiger partial charge in [-0.05, 0) is 50.5 Å². The van der Waals surface area contributed by atoms with E-state index in [-0.39, 0.29) is 18.5 Å². The fraction of sp³-hybridized carbons (Fsp3) is 0.476. The van der Waals surface area contributed by atoms with Crippen LogP contribution in [0, 0.1) is 13.8 Å². The van der Waals surface area contributed by atoms with Gasteiger partial charge in [0.25, 0.3) is 0 Å². The van der Waals surface area contributed by atoms with Crippen molar-refractivity contribution in [2.45, 2.75) is 65.0 Å². The highest BCUT2D eigenvalue weighted by Crippen LogP contribution is 2.30. The number of amides is 1. The van der Waals surface area contributed by atoms with Gasteiger partial charge in [-0.25, -0.2) is 9.48 Å². The first kappa shape index (κ1) is 19.1. The van der Waals surface area contributed by atoms with Crippen molar-refractivity contribution in [3.63, 3.8) is 0 Å². The van der Waals surface area contributed by atoms with Crippen LogP contribution in [0.15, 0.2) is 30.3 Å². The fourth-order valence-corrected chi connectivity index (χ4v) is 3.78. The van der Waals surface area contributed by atoms with Crippen LogP contribution < -0.4 is 5.32 Å². The van der Waals surface area contributed by atoms with Crippen molar-refractivity contribution in [3.8, 4) is 5.69 Å². The third-order valence-electron chi connectivity index (χ3n) is 5.07. The quantitative estimate of drug-likeness (QED) is 0.820. The molecule has 0 aliphatic heterocycles. The molecule has 6 nitrogen and oxygen atoms in total. The van der Waals surface area contributed by atoms with Crippen molar-refractivity contribution < 1.29 is 14.3 Å². The lowest BCUT2D eigenvalue weighted by atomic mass is 9.81. The number of aryl methyl sites for hydroxylation is 2. The molecule has 6 heteroatoms. The largest absolute Gasteiger partial charge is 0.459 e. The summed E-state index contributed by atoms with van der Waals surface area (Å²) in [4.78, 5) is 24.3. The van der Waals surface area contributed by atoms with Crippen LogP contribution in [0.25, 0.3) is 5.69 Å². The molecule has 1 fully saturated rings. The number of carbonyl (C=O) groups is 2. The second kappa shape index (κ2) is 7.94. The third kappa shape index (κ3) is 4.38. The van der Waals surface area contributed by atoms with Crippen molar-refractivity contribution in [3.05, 3.63) is 47.3 Å². The van der Waals surface area contributed by atoms with Crippen LogP contribution in [0.2, 0.25) is 0 Å². The van der Waals surface area contributed by atoms with E-state index in [1.54, 1.807) is 0 Å². The molecule has 0 bridgehead atoms. The zero-order chi connectivity index (χ0) is 19.4. The van der Waals surface area contributed by atoms with Crippen LogP contribution in [0.4, 0.5) is 0 Å². The smallest absolute Gasteiger partial charge is 0.332 e. The Hall–Kier alpha value is -2.63. The summed E-state index contributed by atoms with van der Waals surface area (Å²) in [5.41, 5.74) is 3.05. The number of hydrogen-bond donors (Lipinski definition) is 1. The van der Waals surface area contributed by atoms with Gasteiger partial charge in [-0.1, -0.05) is 31.4 Å². The van der Waals surface area contributed by atoms with E-state index >= 15 is 0 Å². The summed E-state index contributed by atoms with van der Waals surface area (Å²) in [5.74, 6) is -0.525. The molecule has 1 aliphatic carbocycles. The molecule has 1 N–H and O–H groups in total. The minimum absolute atomic E-state index is 0.192. The van der Waals surface area contributed by atoms with Gasteiger partial charge in [-0.3, -0.25) is 4.79 Å². The Labute approximate surface area is 159 Å². The van der Waals surface area contributed by atoms with E-state index in [1.807, 2.05) is 48.9 Å². The first-order valence-electron chi connectivity index (χ1n) is 9.48. The maximum atomic E-state index is 12.7. The van der Waals surface area contributed by atoms with Crippen molar-refractivity contribution in [1.29, 1.82) is 0 Å². The summed E-state index contributed by atoms with van der Waals surface area (Å²) in [7, 11) is 0. The van der Waals surface area contributed by atoms with Crippen LogP contribution in [0.3, 0.4) is 0 Å². The van der Waals surface area contributed by atoms with Gasteiger partial charge in [0, 0.05) is 12.6 Å². The minimum atomic E-state index is -0.867. The van der Waals surface area contributed by atoms with E-state index in [1.165, 1.54) is 6.92 Å². The van der Waals surface area contributed by atoms with Crippen LogP contribution >= 0.6 is 0 Å². The molecule has 2 aromatic rings. The molecule has 3 rings (SSSR count). The highest BCUT2D eigenvalue weighted by molar-refractivity contribution is 5.87. The van der Waals surface area contributed by atoms with Crippen LogP contribution in [0.5, 0.6) is 0 Å². The Morgan fingerprint density at radius 1 is 1.15 bits per heavy atom. The molecule has 0 radical (unpaired) electrons. The summed E-state index contributed by atoms with van der Waals surface area (Å²) in [6.07, 6.45) is 4.21. The average Bonchev–Trinajstić information content (AvgIpc) is 2.98. The Morgan fingerprint density at radius 3 is 2.37 bits per heavy atom. The fourth-order valence-electron chi connectivity index (χ4n) is 3.78. The Balaban J connectivity index is 1.66. The van der Waals surface area contributed by atoms with E-state index in [0.717, 1.165) is 41.9 Å². The molecule has 0 unspecified atom stereocenters. The van der Waals surface area contributed by atoms with Gasteiger partial charge < -0.3 is 10.1 Å². The topological polar surface area (TPSA) is 73.2 Å². The predicted molar refractivity (Wildman–Crippen MR) is 102 cm³/mol. The molecule has 1 heterocycles. The third-order valence-corrected chi connectivity index (χ3v) is 5.07. The molecule has 1 amide bonds. The molecule has 0 spiro atoms. The number of nitrogens with one attached hydrogen (secondary N) is 1. The van der Waals surface area contributed by atoms with Gasteiger partial charge >= 0.3 is 5.97 Å². The summed E-state index contributed by atoms with van der Waals surface area (Å²) >= 11 is 0. The normalized spacial score (nSPS) is 16.0. The average molecular weight is 369 g/mol. The molecule has 1 aliphatic rings. The second-order valence-corrected chi connectivity index (χ2v) is 7.41. The first-order chi connectivity index (χ1) is 12.9. The zero-order valence-electron chi connectivity index (χ0n) is 16.2. The Bertz CT molecular complexity index is 818. The molecule has 1 aromatic heterocycles. The molecular formula is C21H27N3O3. The summed E-state index contributed by atoms with van der Waals surface area (Å²) < 4.78 is 7.46. The molecule has 0 saturated heterocycles. The lowest BCUT2D eigenvalue weighted by molar-refractivity contribution is -0.156. The molecule has 0 atom stereocenters. The van der Waals surface area contributed by atoms with Crippen LogP contribution in [-0.2, 0) is 20.9 Å². The Morgan fingerprint density at radius 2 is 1.81 bits per heavy atom. The second-order valence-electron chi connectivity index (χ2n) is 7.41. The van der Waals surface area contributed by atoms with Gasteiger partial charge in [0.2, 0.25) is 5.91 Å². The SMILES string of the molecule is CC(=O)NC1(C(=O)OCc2ccc(-n3nc(C)cc3C)cc2)CCCCC1. The molecule has 27 heavy (non-hydrogen) atoms. The van der Waals surface area contributed by atoms with Crippen LogP contribution in [0.1, 0.15) is 56.0 Å². The lowest BCUT2D eigenvalue weighted by Gasteiger charge is -2.35. The monoisotopic (exact) mass is 369 g/mol. The summed E-state index contributed by atoms with van der Waals surface area (Å²) in [6, 6.07) is 9.83. The minimum Gasteiger partial charge on any atom is -0.459 e. The maximum Gasteiger partial charge on any atom is 0.332 e. The van der Waals surface area contributed by atoms with Gasteiger partial charge in [-0.15, -0.1) is 0 Å². The summed E-state index contributed by atoms with van der Waals surface area (Å²) in [6.45, 7) is 5.62. The van der Waals surface area contributed by atoms with E-state index in [2.05, 4.69) is 10.4 Å². The maximum absolute atomic E-state index is 12.7. The molecule has 1 saturated carbocycles.